The molecule has 1 saturated heterocycles. The number of fused-ring (bicyclic) bond motifs is 1. The summed E-state index contributed by atoms with van der Waals surface area (Å²) < 4.78 is 10.5. The Balaban J connectivity index is 0.000000220. The summed E-state index contributed by atoms with van der Waals surface area (Å²) in [5, 5.41) is 16.4. The van der Waals surface area contributed by atoms with Crippen LogP contribution in [-0.2, 0) is 41.1 Å². The molecule has 1 aliphatic rings. The first kappa shape index (κ1) is 36.0. The van der Waals surface area contributed by atoms with Gasteiger partial charge in [0.05, 0.1) is 6.33 Å². The molecule has 246 valence electrons. The van der Waals surface area contributed by atoms with Crippen molar-refractivity contribution in [3.8, 4) is 0 Å². The molecular formula is C33H40ClN5O7. The van der Waals surface area contributed by atoms with Crippen LogP contribution < -0.4 is 11.2 Å². The number of likely N-dealkylation sites (tertiary alicyclic amines) is 1. The van der Waals surface area contributed by atoms with Gasteiger partial charge in [-0.2, -0.15) is 0 Å². The van der Waals surface area contributed by atoms with E-state index in [-0.39, 0.29) is 11.2 Å². The van der Waals surface area contributed by atoms with E-state index in [0.717, 1.165) is 28.2 Å². The van der Waals surface area contributed by atoms with Gasteiger partial charge in [0.2, 0.25) is 0 Å². The van der Waals surface area contributed by atoms with Crippen molar-refractivity contribution in [2.24, 2.45) is 21.1 Å². The molecule has 5 rings (SSSR count). The maximum atomic E-state index is 11.7. The van der Waals surface area contributed by atoms with E-state index in [1.165, 1.54) is 42.9 Å². The number of carboxylic acids is 2. The van der Waals surface area contributed by atoms with Gasteiger partial charge < -0.3 is 24.4 Å². The highest BCUT2D eigenvalue weighted by Gasteiger charge is 2.30. The van der Waals surface area contributed by atoms with Gasteiger partial charge in [0.15, 0.2) is 11.2 Å². The fourth-order valence-electron chi connectivity index (χ4n) is 5.21. The number of imidazole rings is 1. The summed E-state index contributed by atoms with van der Waals surface area (Å²) in [7, 11) is 6.99. The van der Waals surface area contributed by atoms with E-state index in [2.05, 4.69) is 60.3 Å². The van der Waals surface area contributed by atoms with E-state index in [1.54, 1.807) is 18.7 Å². The summed E-state index contributed by atoms with van der Waals surface area (Å²) in [5.74, 6) is -2.51. The number of ether oxygens (including phenoxy) is 1. The third-order valence-corrected chi connectivity index (χ3v) is 8.17. The number of aryl methyl sites for hydroxylation is 2. The van der Waals surface area contributed by atoms with E-state index in [9.17, 15) is 19.2 Å². The standard InChI is InChI=1S/C21H26ClNO.C8H10N4O2.C4H4O4/c1-21(17-7-4-3-5-8-17,18-10-12-19(22)13-11-18)24-16-14-20-9-6-15-23(20)2;1-10-4-9-6-5(10)7(13)12(3)8(14)11(6)2;5-3(6)1-2-4(7)8/h3-5,7-8,10-13,20H,6,9,14-16H2,1-2H3;4H,1-3H3;1-2H,(H,5,6)(H,7,8)/b;;2-1+/t20-,21-;;/m1../s1. The largest absolute Gasteiger partial charge is 0.478 e. The summed E-state index contributed by atoms with van der Waals surface area (Å²) in [4.78, 5) is 48.7. The Hall–Kier alpha value is -4.52. The highest BCUT2D eigenvalue weighted by Crippen LogP contribution is 2.34. The zero-order valence-corrected chi connectivity index (χ0v) is 27.3. The summed E-state index contributed by atoms with van der Waals surface area (Å²) in [6.45, 7) is 4.12. The normalized spacial score (nSPS) is 15.9. The number of aromatic nitrogens is 4. The molecule has 1 fully saturated rings. The van der Waals surface area contributed by atoms with Crippen molar-refractivity contribution in [1.82, 2.24) is 23.6 Å². The number of nitrogens with zero attached hydrogens (tertiary/aromatic N) is 5. The minimum atomic E-state index is -1.26. The maximum Gasteiger partial charge on any atom is 0.332 e. The quantitative estimate of drug-likeness (QED) is 0.271. The molecule has 1 aliphatic heterocycles. The molecule has 3 heterocycles. The summed E-state index contributed by atoms with van der Waals surface area (Å²) in [5.41, 5.74) is 2.03. The molecule has 2 atom stereocenters. The van der Waals surface area contributed by atoms with Crippen LogP contribution in [0.1, 0.15) is 37.3 Å². The minimum Gasteiger partial charge on any atom is -0.478 e. The Kier molecular flexibility index (Phi) is 12.6. The van der Waals surface area contributed by atoms with Crippen molar-refractivity contribution in [1.29, 1.82) is 0 Å². The Morgan fingerprint density at radius 2 is 1.54 bits per heavy atom. The van der Waals surface area contributed by atoms with Crippen LogP contribution in [0.3, 0.4) is 0 Å². The molecule has 4 aromatic rings. The van der Waals surface area contributed by atoms with Gasteiger partial charge in [0.25, 0.3) is 5.56 Å². The number of aliphatic carboxylic acids is 2. The molecule has 0 saturated carbocycles. The fraction of sp³-hybridized carbons (Fsp3) is 0.364. The van der Waals surface area contributed by atoms with Crippen molar-refractivity contribution >= 4 is 34.7 Å². The molecule has 2 aromatic carbocycles. The maximum absolute atomic E-state index is 11.7. The van der Waals surface area contributed by atoms with Gasteiger partial charge in [0, 0.05) is 51.0 Å². The molecule has 0 bridgehead atoms. The number of carboxylic acid groups (broad SMARTS) is 2. The smallest absolute Gasteiger partial charge is 0.332 e. The highest BCUT2D eigenvalue weighted by molar-refractivity contribution is 6.30. The van der Waals surface area contributed by atoms with E-state index in [0.29, 0.717) is 29.4 Å². The van der Waals surface area contributed by atoms with Crippen molar-refractivity contribution < 1.29 is 24.5 Å². The van der Waals surface area contributed by atoms with Crippen LogP contribution in [0.15, 0.2) is 82.7 Å². The summed E-state index contributed by atoms with van der Waals surface area (Å²) >= 11 is 6.07. The molecule has 2 aromatic heterocycles. The van der Waals surface area contributed by atoms with E-state index in [4.69, 9.17) is 26.6 Å². The first-order valence-electron chi connectivity index (χ1n) is 14.6. The Labute approximate surface area is 271 Å². The minimum absolute atomic E-state index is 0.317. The van der Waals surface area contributed by atoms with Crippen molar-refractivity contribution in [3.63, 3.8) is 0 Å². The third kappa shape index (κ3) is 9.03. The lowest BCUT2D eigenvalue weighted by molar-refractivity contribution is -0.134. The molecule has 13 heteroatoms. The molecule has 0 amide bonds. The average Bonchev–Trinajstić information content (AvgIpc) is 3.64. The lowest BCUT2D eigenvalue weighted by Crippen LogP contribution is -2.37. The molecule has 12 nitrogen and oxygen atoms in total. The zero-order valence-electron chi connectivity index (χ0n) is 26.6. The fourth-order valence-corrected chi connectivity index (χ4v) is 5.34. The Morgan fingerprint density at radius 3 is 2.09 bits per heavy atom. The van der Waals surface area contributed by atoms with Crippen LogP contribution in [0, 0.1) is 0 Å². The zero-order chi connectivity index (χ0) is 34.0. The molecule has 46 heavy (non-hydrogen) atoms. The van der Waals surface area contributed by atoms with Gasteiger partial charge in [-0.3, -0.25) is 13.9 Å². The molecule has 0 spiro atoms. The summed E-state index contributed by atoms with van der Waals surface area (Å²) in [6.07, 6.45) is 6.29. The van der Waals surface area contributed by atoms with Crippen LogP contribution in [0.5, 0.6) is 0 Å². The predicted octanol–water partition coefficient (Wildman–Crippen LogP) is 3.79. The van der Waals surface area contributed by atoms with Crippen LogP contribution in [0.2, 0.25) is 5.02 Å². The predicted molar refractivity (Wildman–Crippen MR) is 176 cm³/mol. The van der Waals surface area contributed by atoms with Gasteiger partial charge in [0.1, 0.15) is 5.60 Å². The SMILES string of the molecule is CN1CCC[C@@H]1CCO[C@](C)(c1ccccc1)c1ccc(Cl)cc1.Cn1c(=O)c2c(ncn2C)n(C)c1=O.O=C(O)/C=C/C(=O)O. The van der Waals surface area contributed by atoms with Gasteiger partial charge >= 0.3 is 17.6 Å². The van der Waals surface area contributed by atoms with E-state index in [1.807, 2.05) is 18.2 Å². The first-order chi connectivity index (χ1) is 21.8. The van der Waals surface area contributed by atoms with Gasteiger partial charge in [-0.1, -0.05) is 54.1 Å². The number of carbonyl (C=O) groups is 2. The average molecular weight is 654 g/mol. The number of hydrogen-bond donors (Lipinski definition) is 2. The number of halogens is 1. The first-order valence-corrected chi connectivity index (χ1v) is 15.0. The van der Waals surface area contributed by atoms with Crippen LogP contribution in [0.25, 0.3) is 11.2 Å². The van der Waals surface area contributed by atoms with Crippen molar-refractivity contribution in [2.75, 3.05) is 20.2 Å². The number of hydrogen-bond acceptors (Lipinski definition) is 7. The van der Waals surface area contributed by atoms with Crippen molar-refractivity contribution in [2.45, 2.75) is 37.8 Å². The Morgan fingerprint density at radius 1 is 0.957 bits per heavy atom. The second-order valence-corrected chi connectivity index (χ2v) is 11.5. The molecular weight excluding hydrogens is 614 g/mol. The van der Waals surface area contributed by atoms with Crippen LogP contribution in [0.4, 0.5) is 0 Å². The Bertz CT molecular complexity index is 1760. The third-order valence-electron chi connectivity index (χ3n) is 7.92. The number of rotatable bonds is 8. The lowest BCUT2D eigenvalue weighted by Gasteiger charge is -2.32. The summed E-state index contributed by atoms with van der Waals surface area (Å²) in [6, 6.07) is 19.1. The topological polar surface area (TPSA) is 149 Å². The van der Waals surface area contributed by atoms with E-state index < -0.39 is 17.5 Å². The second kappa shape index (κ2) is 16.2. The van der Waals surface area contributed by atoms with Crippen LogP contribution >= 0.6 is 11.6 Å². The number of benzene rings is 2. The highest BCUT2D eigenvalue weighted by atomic mass is 35.5. The lowest BCUT2D eigenvalue weighted by atomic mass is 9.88. The van der Waals surface area contributed by atoms with Crippen molar-refractivity contribution in [3.05, 3.63) is 110 Å². The molecule has 0 radical (unpaired) electrons. The molecule has 2 N–H and O–H groups in total. The van der Waals surface area contributed by atoms with E-state index >= 15 is 0 Å². The molecule has 0 aliphatic carbocycles. The van der Waals surface area contributed by atoms with Crippen LogP contribution in [-0.4, -0.2) is 72.0 Å². The van der Waals surface area contributed by atoms with Gasteiger partial charge in [-0.25, -0.2) is 19.4 Å². The van der Waals surface area contributed by atoms with Gasteiger partial charge in [-0.05, 0) is 63.0 Å². The second-order valence-electron chi connectivity index (χ2n) is 11.1. The monoisotopic (exact) mass is 653 g/mol. The molecule has 0 unspecified atom stereocenters. The van der Waals surface area contributed by atoms with Gasteiger partial charge in [-0.15, -0.1) is 0 Å².